The lowest BCUT2D eigenvalue weighted by Gasteiger charge is -2.28. The van der Waals surface area contributed by atoms with Crippen LogP contribution in [0.4, 0.5) is 0 Å². The fourth-order valence-corrected chi connectivity index (χ4v) is 2.67. The van der Waals surface area contributed by atoms with Crippen LogP contribution in [0.15, 0.2) is 0 Å². The lowest BCUT2D eigenvalue weighted by atomic mass is 10.4. The van der Waals surface area contributed by atoms with E-state index in [9.17, 15) is 8.42 Å². The van der Waals surface area contributed by atoms with E-state index in [0.717, 1.165) is 13.0 Å². The van der Waals surface area contributed by atoms with Crippen molar-refractivity contribution in [3.63, 3.8) is 0 Å². The number of hydrogen-bond acceptors (Lipinski definition) is 3. The first-order valence-corrected chi connectivity index (χ1v) is 5.17. The first-order valence-electron chi connectivity index (χ1n) is 3.46. The van der Waals surface area contributed by atoms with E-state index in [4.69, 9.17) is 0 Å². The van der Waals surface area contributed by atoms with Gasteiger partial charge in [0.25, 0.3) is 0 Å². The summed E-state index contributed by atoms with van der Waals surface area (Å²) in [6, 6.07) is 0. The van der Waals surface area contributed by atoms with Crippen LogP contribution in [0.2, 0.25) is 0 Å². The molecule has 4 heteroatoms. The summed E-state index contributed by atoms with van der Waals surface area (Å²) in [5.41, 5.74) is 0. The van der Waals surface area contributed by atoms with E-state index in [1.807, 2.05) is 11.9 Å². The zero-order valence-corrected chi connectivity index (χ0v) is 7.19. The zero-order chi connectivity index (χ0) is 7.78. The molecule has 0 aromatic rings. The summed E-state index contributed by atoms with van der Waals surface area (Å²) < 4.78 is 22.3. The molecule has 1 rings (SSSR count). The maximum absolute atomic E-state index is 11.2. The van der Waals surface area contributed by atoms with Crippen LogP contribution in [0, 0.1) is 0 Å². The van der Waals surface area contributed by atoms with E-state index in [-0.39, 0.29) is 5.37 Å². The molecule has 0 spiro atoms. The van der Waals surface area contributed by atoms with Gasteiger partial charge in [-0.05, 0) is 20.4 Å². The second-order valence-electron chi connectivity index (χ2n) is 2.80. The van der Waals surface area contributed by atoms with Crippen LogP contribution in [0.5, 0.6) is 0 Å². The van der Waals surface area contributed by atoms with Crippen LogP contribution in [0.3, 0.4) is 0 Å². The topological polar surface area (TPSA) is 37.4 Å². The standard InChI is InChI=1S/C6H13NO2S/c1-6-7(2)4-3-5-10(6,8)9/h6H,3-5H2,1-2H3. The van der Waals surface area contributed by atoms with Gasteiger partial charge in [0.1, 0.15) is 5.37 Å². The molecule has 1 fully saturated rings. The van der Waals surface area contributed by atoms with Gasteiger partial charge in [-0.3, -0.25) is 4.90 Å². The average Bonchev–Trinajstić information content (AvgIpc) is 1.83. The smallest absolute Gasteiger partial charge is 0.166 e. The number of hydrogen-bond donors (Lipinski definition) is 0. The molecule has 0 aliphatic carbocycles. The van der Waals surface area contributed by atoms with Gasteiger partial charge in [0.2, 0.25) is 0 Å². The molecule has 0 radical (unpaired) electrons. The lowest BCUT2D eigenvalue weighted by Crippen LogP contribution is -2.42. The maximum atomic E-state index is 11.2. The Labute approximate surface area is 61.9 Å². The van der Waals surface area contributed by atoms with E-state index in [0.29, 0.717) is 5.75 Å². The second-order valence-corrected chi connectivity index (χ2v) is 5.22. The predicted molar refractivity (Wildman–Crippen MR) is 40.5 cm³/mol. The van der Waals surface area contributed by atoms with Crippen molar-refractivity contribution in [1.82, 2.24) is 4.90 Å². The summed E-state index contributed by atoms with van der Waals surface area (Å²) in [4.78, 5) is 1.87. The van der Waals surface area contributed by atoms with Gasteiger partial charge >= 0.3 is 0 Å². The van der Waals surface area contributed by atoms with E-state index in [1.165, 1.54) is 0 Å². The van der Waals surface area contributed by atoms with Gasteiger partial charge in [0, 0.05) is 6.54 Å². The Bertz CT molecular complexity index is 210. The predicted octanol–water partition coefficient (Wildman–Crippen LogP) is 0.0827. The molecule has 1 saturated heterocycles. The lowest BCUT2D eigenvalue weighted by molar-refractivity contribution is 0.300. The normalized spacial score (nSPS) is 34.0. The minimum atomic E-state index is -2.78. The monoisotopic (exact) mass is 163 g/mol. The SMILES string of the molecule is CC1N(C)CCCS1(=O)=O. The van der Waals surface area contributed by atoms with Gasteiger partial charge in [0.15, 0.2) is 9.84 Å². The Morgan fingerprint density at radius 3 is 2.50 bits per heavy atom. The molecule has 1 unspecified atom stereocenters. The molecule has 0 saturated carbocycles. The van der Waals surface area contributed by atoms with Crippen molar-refractivity contribution in [2.45, 2.75) is 18.7 Å². The first kappa shape index (κ1) is 8.01. The third-order valence-electron chi connectivity index (χ3n) is 2.08. The van der Waals surface area contributed by atoms with Crippen molar-refractivity contribution in [3.8, 4) is 0 Å². The van der Waals surface area contributed by atoms with Crippen LogP contribution in [-0.4, -0.2) is 38.0 Å². The molecular formula is C6H13NO2S. The molecule has 60 valence electrons. The fourth-order valence-electron chi connectivity index (χ4n) is 1.14. The molecule has 0 aromatic heterocycles. The summed E-state index contributed by atoms with van der Waals surface area (Å²) in [5, 5.41) is -0.277. The molecular weight excluding hydrogens is 150 g/mol. The van der Waals surface area contributed by atoms with Gasteiger partial charge in [-0.25, -0.2) is 8.42 Å². The summed E-state index contributed by atoms with van der Waals surface area (Å²) in [6.45, 7) is 2.65. The summed E-state index contributed by atoms with van der Waals surface area (Å²) in [5.74, 6) is 0.360. The third kappa shape index (κ3) is 1.32. The number of nitrogens with zero attached hydrogens (tertiary/aromatic N) is 1. The number of sulfone groups is 1. The van der Waals surface area contributed by atoms with Gasteiger partial charge in [-0.2, -0.15) is 0 Å². The molecule has 0 N–H and O–H groups in total. The molecule has 1 aliphatic heterocycles. The summed E-state index contributed by atoms with van der Waals surface area (Å²) in [6.07, 6.45) is 0.781. The molecule has 0 amide bonds. The Morgan fingerprint density at radius 1 is 1.50 bits per heavy atom. The molecule has 0 bridgehead atoms. The fraction of sp³-hybridized carbons (Fsp3) is 1.00. The Hall–Kier alpha value is -0.0900. The largest absolute Gasteiger partial charge is 0.291 e. The molecule has 10 heavy (non-hydrogen) atoms. The van der Waals surface area contributed by atoms with Crippen LogP contribution in [0.25, 0.3) is 0 Å². The summed E-state index contributed by atoms with van der Waals surface area (Å²) in [7, 11) is -0.936. The first-order chi connectivity index (χ1) is 4.54. The van der Waals surface area contributed by atoms with Crippen molar-refractivity contribution < 1.29 is 8.42 Å². The minimum absolute atomic E-state index is 0.277. The average molecular weight is 163 g/mol. The van der Waals surface area contributed by atoms with Crippen LogP contribution >= 0.6 is 0 Å². The molecule has 3 nitrogen and oxygen atoms in total. The van der Waals surface area contributed by atoms with E-state index in [1.54, 1.807) is 6.92 Å². The van der Waals surface area contributed by atoms with Gasteiger partial charge in [-0.1, -0.05) is 0 Å². The molecule has 0 aromatic carbocycles. The van der Waals surface area contributed by atoms with Gasteiger partial charge < -0.3 is 0 Å². The summed E-state index contributed by atoms with van der Waals surface area (Å²) >= 11 is 0. The van der Waals surface area contributed by atoms with Crippen LogP contribution < -0.4 is 0 Å². The van der Waals surface area contributed by atoms with Crippen LogP contribution in [-0.2, 0) is 9.84 Å². The van der Waals surface area contributed by atoms with Crippen molar-refractivity contribution >= 4 is 9.84 Å². The second kappa shape index (κ2) is 2.51. The Morgan fingerprint density at radius 2 is 2.10 bits per heavy atom. The van der Waals surface area contributed by atoms with Gasteiger partial charge in [-0.15, -0.1) is 0 Å². The Kier molecular flexibility index (Phi) is 2.01. The zero-order valence-electron chi connectivity index (χ0n) is 6.37. The van der Waals surface area contributed by atoms with Gasteiger partial charge in [0.05, 0.1) is 5.75 Å². The molecule has 1 atom stereocenters. The minimum Gasteiger partial charge on any atom is -0.291 e. The maximum Gasteiger partial charge on any atom is 0.166 e. The third-order valence-corrected chi connectivity index (χ3v) is 4.34. The molecule has 1 aliphatic rings. The van der Waals surface area contributed by atoms with Crippen molar-refractivity contribution in [2.75, 3.05) is 19.3 Å². The van der Waals surface area contributed by atoms with Crippen molar-refractivity contribution in [2.24, 2.45) is 0 Å². The highest BCUT2D eigenvalue weighted by molar-refractivity contribution is 7.91. The highest BCUT2D eigenvalue weighted by atomic mass is 32.2. The Balaban J connectivity index is 2.80. The van der Waals surface area contributed by atoms with E-state index < -0.39 is 9.84 Å². The van der Waals surface area contributed by atoms with E-state index in [2.05, 4.69) is 0 Å². The quantitative estimate of drug-likeness (QED) is 0.507. The van der Waals surface area contributed by atoms with Crippen LogP contribution in [0.1, 0.15) is 13.3 Å². The van der Waals surface area contributed by atoms with Crippen molar-refractivity contribution in [1.29, 1.82) is 0 Å². The molecule has 1 heterocycles. The highest BCUT2D eigenvalue weighted by Crippen LogP contribution is 2.13. The van der Waals surface area contributed by atoms with E-state index >= 15 is 0 Å². The highest BCUT2D eigenvalue weighted by Gasteiger charge is 2.28. The number of rotatable bonds is 0. The van der Waals surface area contributed by atoms with Crippen molar-refractivity contribution in [3.05, 3.63) is 0 Å².